The molecule has 11 heteroatoms. The van der Waals surface area contributed by atoms with Crippen molar-refractivity contribution in [2.75, 3.05) is 17.7 Å². The van der Waals surface area contributed by atoms with E-state index >= 15 is 0 Å². The number of alkyl halides is 6. The van der Waals surface area contributed by atoms with Gasteiger partial charge in [0.1, 0.15) is 5.69 Å². The lowest BCUT2D eigenvalue weighted by molar-refractivity contribution is -0.138. The Labute approximate surface area is 148 Å². The average Bonchev–Trinajstić information content (AvgIpc) is 2.52. The first-order valence-electron chi connectivity index (χ1n) is 6.86. The molecule has 2 rings (SSSR count). The Morgan fingerprint density at radius 2 is 1.62 bits per heavy atom. The van der Waals surface area contributed by atoms with E-state index in [9.17, 15) is 31.1 Å². The van der Waals surface area contributed by atoms with E-state index in [2.05, 4.69) is 15.6 Å². The number of amides is 1. The largest absolute Gasteiger partial charge is 0.417 e. The smallest absolute Gasteiger partial charge is 0.386 e. The molecule has 1 aromatic carbocycles. The third-order valence-corrected chi connectivity index (χ3v) is 3.54. The van der Waals surface area contributed by atoms with E-state index in [0.717, 1.165) is 12.1 Å². The van der Waals surface area contributed by atoms with E-state index in [-0.39, 0.29) is 11.4 Å². The second-order valence-corrected chi connectivity index (χ2v) is 5.42. The quantitative estimate of drug-likeness (QED) is 0.711. The van der Waals surface area contributed by atoms with Gasteiger partial charge in [-0.15, -0.1) is 0 Å². The molecule has 0 fully saturated rings. The fourth-order valence-electron chi connectivity index (χ4n) is 1.98. The zero-order valence-electron chi connectivity index (χ0n) is 12.9. The molecule has 1 heterocycles. The van der Waals surface area contributed by atoms with Crippen LogP contribution in [-0.4, -0.2) is 17.9 Å². The van der Waals surface area contributed by atoms with Crippen molar-refractivity contribution in [1.82, 2.24) is 4.98 Å². The third-order valence-electron chi connectivity index (χ3n) is 3.25. The van der Waals surface area contributed by atoms with Gasteiger partial charge in [-0.05, 0) is 24.3 Å². The molecule has 1 aromatic heterocycles. The van der Waals surface area contributed by atoms with Gasteiger partial charge >= 0.3 is 12.4 Å². The zero-order chi connectivity index (χ0) is 19.7. The summed E-state index contributed by atoms with van der Waals surface area (Å²) < 4.78 is 76.2. The molecule has 0 aliphatic heterocycles. The average molecular weight is 398 g/mol. The van der Waals surface area contributed by atoms with E-state index in [1.165, 1.54) is 7.05 Å². The standard InChI is InChI=1S/C15H10ClF6N3O/c1-23-10-3-2-7(14(17,18)19)5-11(10)25-13(26)12-9(16)4-8(6-24-12)15(20,21)22/h2-6,23H,1H3,(H,25,26). The highest BCUT2D eigenvalue weighted by molar-refractivity contribution is 6.34. The summed E-state index contributed by atoms with van der Waals surface area (Å²) in [6, 6.07) is 3.10. The topological polar surface area (TPSA) is 54.0 Å². The van der Waals surface area contributed by atoms with Crippen LogP contribution in [0.2, 0.25) is 5.02 Å². The Hall–Kier alpha value is -2.49. The number of carbonyl (C=O) groups is 1. The lowest BCUT2D eigenvalue weighted by Crippen LogP contribution is -2.17. The van der Waals surface area contributed by atoms with Crippen molar-refractivity contribution in [3.63, 3.8) is 0 Å². The van der Waals surface area contributed by atoms with Crippen LogP contribution in [0, 0.1) is 0 Å². The first kappa shape index (κ1) is 19.8. The molecular formula is C15H10ClF6N3O. The second-order valence-electron chi connectivity index (χ2n) is 5.01. The molecule has 0 radical (unpaired) electrons. The van der Waals surface area contributed by atoms with Crippen molar-refractivity contribution < 1.29 is 31.1 Å². The number of benzene rings is 1. The number of hydrogen-bond acceptors (Lipinski definition) is 3. The Morgan fingerprint density at radius 3 is 2.12 bits per heavy atom. The van der Waals surface area contributed by atoms with Crippen LogP contribution in [0.25, 0.3) is 0 Å². The molecular weight excluding hydrogens is 388 g/mol. The molecule has 0 saturated carbocycles. The zero-order valence-corrected chi connectivity index (χ0v) is 13.6. The molecule has 0 saturated heterocycles. The van der Waals surface area contributed by atoms with E-state index < -0.39 is 40.1 Å². The Balaban J connectivity index is 2.35. The van der Waals surface area contributed by atoms with Crippen LogP contribution in [0.3, 0.4) is 0 Å². The monoisotopic (exact) mass is 397 g/mol. The Bertz CT molecular complexity index is 835. The van der Waals surface area contributed by atoms with Gasteiger partial charge in [-0.1, -0.05) is 11.6 Å². The molecule has 2 aromatic rings. The van der Waals surface area contributed by atoms with Crippen LogP contribution in [0.5, 0.6) is 0 Å². The third kappa shape index (κ3) is 4.37. The van der Waals surface area contributed by atoms with Crippen LogP contribution < -0.4 is 10.6 Å². The lowest BCUT2D eigenvalue weighted by atomic mass is 10.1. The van der Waals surface area contributed by atoms with Gasteiger partial charge in [-0.3, -0.25) is 4.79 Å². The van der Waals surface area contributed by atoms with Crippen LogP contribution in [-0.2, 0) is 12.4 Å². The number of carbonyl (C=O) groups excluding carboxylic acids is 1. The fourth-order valence-corrected chi connectivity index (χ4v) is 2.24. The van der Waals surface area contributed by atoms with E-state index in [1.54, 1.807) is 0 Å². The summed E-state index contributed by atoms with van der Waals surface area (Å²) in [6.45, 7) is 0. The molecule has 4 nitrogen and oxygen atoms in total. The number of pyridine rings is 1. The molecule has 0 aliphatic rings. The maximum atomic E-state index is 12.8. The predicted molar refractivity (Wildman–Crippen MR) is 83.2 cm³/mol. The highest BCUT2D eigenvalue weighted by atomic mass is 35.5. The van der Waals surface area contributed by atoms with Crippen LogP contribution in [0.15, 0.2) is 30.5 Å². The molecule has 0 aliphatic carbocycles. The van der Waals surface area contributed by atoms with E-state index in [4.69, 9.17) is 11.6 Å². The minimum Gasteiger partial charge on any atom is -0.386 e. The number of nitrogens with one attached hydrogen (secondary N) is 2. The van der Waals surface area contributed by atoms with Crippen molar-refractivity contribution in [2.45, 2.75) is 12.4 Å². The van der Waals surface area contributed by atoms with Crippen LogP contribution >= 0.6 is 11.6 Å². The first-order chi connectivity index (χ1) is 11.9. The summed E-state index contributed by atoms with van der Waals surface area (Å²) in [5, 5.41) is 4.16. The summed E-state index contributed by atoms with van der Waals surface area (Å²) in [5.41, 5.74) is -2.80. The lowest BCUT2D eigenvalue weighted by Gasteiger charge is -2.15. The van der Waals surface area contributed by atoms with Crippen LogP contribution in [0.4, 0.5) is 37.7 Å². The molecule has 1 amide bonds. The number of nitrogens with zero attached hydrogens (tertiary/aromatic N) is 1. The van der Waals surface area contributed by atoms with Gasteiger partial charge in [0.25, 0.3) is 5.91 Å². The van der Waals surface area contributed by atoms with Gasteiger partial charge in [0.15, 0.2) is 0 Å². The number of anilines is 2. The van der Waals surface area contributed by atoms with Crippen molar-refractivity contribution in [3.8, 4) is 0 Å². The van der Waals surface area contributed by atoms with Gasteiger partial charge in [-0.25, -0.2) is 4.98 Å². The Kier molecular flexibility index (Phi) is 5.36. The summed E-state index contributed by atoms with van der Waals surface area (Å²) >= 11 is 5.66. The molecule has 2 N–H and O–H groups in total. The van der Waals surface area contributed by atoms with Crippen molar-refractivity contribution in [1.29, 1.82) is 0 Å². The molecule has 26 heavy (non-hydrogen) atoms. The van der Waals surface area contributed by atoms with E-state index in [0.29, 0.717) is 18.3 Å². The van der Waals surface area contributed by atoms with Gasteiger partial charge in [0.2, 0.25) is 0 Å². The summed E-state index contributed by atoms with van der Waals surface area (Å²) in [6.07, 6.45) is -8.94. The predicted octanol–water partition coefficient (Wildman–Crippen LogP) is 5.07. The molecule has 0 bridgehead atoms. The van der Waals surface area contributed by atoms with Gasteiger partial charge in [-0.2, -0.15) is 26.3 Å². The van der Waals surface area contributed by atoms with Crippen molar-refractivity contribution in [2.24, 2.45) is 0 Å². The number of hydrogen-bond donors (Lipinski definition) is 2. The minimum absolute atomic E-state index is 0.161. The summed E-state index contributed by atoms with van der Waals surface area (Å²) in [4.78, 5) is 15.5. The number of aromatic nitrogens is 1. The minimum atomic E-state index is -4.70. The normalized spacial score (nSPS) is 12.0. The van der Waals surface area contributed by atoms with Gasteiger partial charge in [0.05, 0.1) is 27.5 Å². The number of halogens is 7. The molecule has 0 spiro atoms. The molecule has 0 atom stereocenters. The molecule has 0 unspecified atom stereocenters. The van der Waals surface area contributed by atoms with E-state index in [1.807, 2.05) is 0 Å². The van der Waals surface area contributed by atoms with Crippen LogP contribution in [0.1, 0.15) is 21.6 Å². The number of rotatable bonds is 3. The molecule has 140 valence electrons. The highest BCUT2D eigenvalue weighted by Crippen LogP contribution is 2.35. The second kappa shape index (κ2) is 7.02. The summed E-state index contributed by atoms with van der Waals surface area (Å²) in [7, 11) is 1.42. The van der Waals surface area contributed by atoms with Gasteiger partial charge in [0, 0.05) is 13.2 Å². The van der Waals surface area contributed by atoms with Crippen molar-refractivity contribution >= 4 is 28.9 Å². The fraction of sp³-hybridized carbons (Fsp3) is 0.200. The maximum Gasteiger partial charge on any atom is 0.417 e. The Morgan fingerprint density at radius 1 is 1.00 bits per heavy atom. The summed E-state index contributed by atoms with van der Waals surface area (Å²) in [5.74, 6) is -1.06. The maximum absolute atomic E-state index is 12.8. The first-order valence-corrected chi connectivity index (χ1v) is 7.24. The van der Waals surface area contributed by atoms with Crippen molar-refractivity contribution in [3.05, 3.63) is 52.3 Å². The SMILES string of the molecule is CNc1ccc(C(F)(F)F)cc1NC(=O)c1ncc(C(F)(F)F)cc1Cl. The highest BCUT2D eigenvalue weighted by Gasteiger charge is 2.33. The van der Waals surface area contributed by atoms with Gasteiger partial charge < -0.3 is 10.6 Å².